The molecule has 2 aromatic carbocycles. The Hall–Kier alpha value is -2.96. The van der Waals surface area contributed by atoms with Crippen LogP contribution in [0.2, 0.25) is 0 Å². The van der Waals surface area contributed by atoms with Crippen LogP contribution in [0.25, 0.3) is 21.1 Å². The highest BCUT2D eigenvalue weighted by molar-refractivity contribution is 7.21. The van der Waals surface area contributed by atoms with Crippen LogP contribution in [0.1, 0.15) is 46.0 Å². The number of carbonyl (C=O) groups is 1. The van der Waals surface area contributed by atoms with E-state index in [1.807, 2.05) is 25.1 Å². The number of benzene rings is 2. The summed E-state index contributed by atoms with van der Waals surface area (Å²) in [5, 5.41) is 4.38. The van der Waals surface area contributed by atoms with E-state index in [-0.39, 0.29) is 5.91 Å². The van der Waals surface area contributed by atoms with Gasteiger partial charge in [0.25, 0.3) is 5.91 Å². The van der Waals surface area contributed by atoms with Gasteiger partial charge in [-0.2, -0.15) is 0 Å². The van der Waals surface area contributed by atoms with Crippen LogP contribution in [0, 0.1) is 6.92 Å². The maximum atomic E-state index is 12.7. The molecule has 1 saturated heterocycles. The molecule has 1 aliphatic heterocycles. The summed E-state index contributed by atoms with van der Waals surface area (Å²) in [5.41, 5.74) is 2.70. The van der Waals surface area contributed by atoms with E-state index in [4.69, 9.17) is 4.42 Å². The number of fused-ring (bicyclic) bond motifs is 3. The van der Waals surface area contributed by atoms with Crippen molar-refractivity contribution in [3.05, 3.63) is 81.0 Å². The Labute approximate surface area is 197 Å². The summed E-state index contributed by atoms with van der Waals surface area (Å²) in [5.74, 6) is 0.534. The van der Waals surface area contributed by atoms with Gasteiger partial charge in [-0.1, -0.05) is 42.0 Å². The summed E-state index contributed by atoms with van der Waals surface area (Å²) < 4.78 is 6.25. The molecular formula is C27H28N2O3S. The van der Waals surface area contributed by atoms with Crippen LogP contribution in [-0.2, 0) is 0 Å². The number of hydrogen-bond donors (Lipinski definition) is 1. The Morgan fingerprint density at radius 3 is 2.67 bits per heavy atom. The average molecular weight is 461 g/mol. The van der Waals surface area contributed by atoms with Crippen molar-refractivity contribution in [1.82, 2.24) is 10.2 Å². The fraction of sp³-hybridized carbons (Fsp3) is 0.333. The van der Waals surface area contributed by atoms with Crippen molar-refractivity contribution in [3.63, 3.8) is 0 Å². The first-order valence-corrected chi connectivity index (χ1v) is 12.4. The Balaban J connectivity index is 1.15. The smallest absolute Gasteiger partial charge is 0.345 e. The number of amides is 1. The fourth-order valence-electron chi connectivity index (χ4n) is 4.73. The summed E-state index contributed by atoms with van der Waals surface area (Å²) in [6.45, 7) is 5.82. The molecule has 1 N–H and O–H groups in total. The second-order valence-corrected chi connectivity index (χ2v) is 9.93. The van der Waals surface area contributed by atoms with Gasteiger partial charge < -0.3 is 14.6 Å². The number of aryl methyl sites for hydroxylation is 1. The molecule has 33 heavy (non-hydrogen) atoms. The molecule has 0 spiro atoms. The number of nitrogens with zero attached hydrogens (tertiary/aromatic N) is 1. The van der Waals surface area contributed by atoms with E-state index in [0.717, 1.165) is 41.7 Å². The van der Waals surface area contributed by atoms with Crippen molar-refractivity contribution < 1.29 is 9.21 Å². The lowest BCUT2D eigenvalue weighted by atomic mass is 9.89. The van der Waals surface area contributed by atoms with Crippen LogP contribution < -0.4 is 10.9 Å². The van der Waals surface area contributed by atoms with Gasteiger partial charge in [0.05, 0.1) is 15.0 Å². The minimum atomic E-state index is -0.393. The van der Waals surface area contributed by atoms with Crippen molar-refractivity contribution >= 4 is 38.3 Å². The van der Waals surface area contributed by atoms with Gasteiger partial charge >= 0.3 is 5.63 Å². The number of likely N-dealkylation sites (tertiary alicyclic amines) is 1. The van der Waals surface area contributed by atoms with Crippen LogP contribution >= 0.6 is 11.3 Å². The van der Waals surface area contributed by atoms with E-state index in [1.165, 1.54) is 29.7 Å². The van der Waals surface area contributed by atoms with Crippen LogP contribution in [0.5, 0.6) is 0 Å². The molecule has 170 valence electrons. The average Bonchev–Trinajstić information content (AvgIpc) is 3.30. The second kappa shape index (κ2) is 9.49. The topological polar surface area (TPSA) is 62.6 Å². The van der Waals surface area contributed by atoms with Crippen LogP contribution in [0.3, 0.4) is 0 Å². The first-order valence-electron chi connectivity index (χ1n) is 11.6. The largest absolute Gasteiger partial charge is 0.422 e. The quantitative estimate of drug-likeness (QED) is 0.313. The third-order valence-corrected chi connectivity index (χ3v) is 7.72. The molecule has 4 aromatic rings. The minimum Gasteiger partial charge on any atom is -0.422 e. The molecule has 0 saturated carbocycles. The normalized spacial score (nSPS) is 15.3. The molecule has 0 bridgehead atoms. The van der Waals surface area contributed by atoms with Gasteiger partial charge in [0.1, 0.15) is 5.58 Å². The van der Waals surface area contributed by atoms with Crippen molar-refractivity contribution in [1.29, 1.82) is 0 Å². The van der Waals surface area contributed by atoms with Gasteiger partial charge in [-0.15, -0.1) is 11.3 Å². The van der Waals surface area contributed by atoms with Crippen molar-refractivity contribution in [2.75, 3.05) is 26.2 Å². The molecule has 5 nitrogen and oxygen atoms in total. The number of thiophene rings is 1. The molecule has 3 heterocycles. The van der Waals surface area contributed by atoms with Gasteiger partial charge in [0.2, 0.25) is 0 Å². The van der Waals surface area contributed by atoms with Crippen molar-refractivity contribution in [3.8, 4) is 0 Å². The summed E-state index contributed by atoms with van der Waals surface area (Å²) in [6.07, 6.45) is 3.29. The zero-order valence-corrected chi connectivity index (χ0v) is 19.6. The highest BCUT2D eigenvalue weighted by atomic mass is 32.1. The predicted octanol–water partition coefficient (Wildman–Crippen LogP) is 5.32. The maximum Gasteiger partial charge on any atom is 0.345 e. The Morgan fingerprint density at radius 1 is 1.09 bits per heavy atom. The molecule has 5 rings (SSSR count). The van der Waals surface area contributed by atoms with Crippen LogP contribution in [-0.4, -0.2) is 37.0 Å². The third-order valence-electron chi connectivity index (χ3n) is 6.55. The SMILES string of the molecule is Cc1ccc2oc(=O)c3cc(C(=O)NCCCN4CCC(c5ccccc5)CC4)sc3c2c1. The molecule has 0 unspecified atom stereocenters. The number of hydrogen-bond acceptors (Lipinski definition) is 5. The lowest BCUT2D eigenvalue weighted by Gasteiger charge is -2.32. The van der Waals surface area contributed by atoms with Gasteiger partial charge in [-0.3, -0.25) is 4.79 Å². The summed E-state index contributed by atoms with van der Waals surface area (Å²) in [7, 11) is 0. The lowest BCUT2D eigenvalue weighted by molar-refractivity contribution is 0.0955. The van der Waals surface area contributed by atoms with E-state index in [9.17, 15) is 9.59 Å². The lowest BCUT2D eigenvalue weighted by Crippen LogP contribution is -2.35. The molecule has 2 aromatic heterocycles. The number of piperidine rings is 1. The summed E-state index contributed by atoms with van der Waals surface area (Å²) >= 11 is 1.36. The summed E-state index contributed by atoms with van der Waals surface area (Å²) in [6, 6.07) is 18.2. The molecule has 0 aliphatic carbocycles. The predicted molar refractivity (Wildman–Crippen MR) is 134 cm³/mol. The highest BCUT2D eigenvalue weighted by Gasteiger charge is 2.20. The van der Waals surface area contributed by atoms with E-state index in [0.29, 0.717) is 28.3 Å². The number of rotatable bonds is 6. The molecule has 1 amide bonds. The number of carbonyl (C=O) groups excluding carboxylic acids is 1. The Bertz CT molecular complexity index is 1330. The summed E-state index contributed by atoms with van der Waals surface area (Å²) in [4.78, 5) is 28.1. The Morgan fingerprint density at radius 2 is 1.88 bits per heavy atom. The molecular weight excluding hydrogens is 432 g/mol. The molecule has 6 heteroatoms. The van der Waals surface area contributed by atoms with E-state index in [2.05, 4.69) is 40.5 Å². The maximum absolute atomic E-state index is 12.7. The standard InChI is InChI=1S/C27H28N2O3S/c1-18-8-9-23-21(16-18)25-22(27(31)32-23)17-24(33-25)26(30)28-12-5-13-29-14-10-20(11-15-29)19-6-3-2-4-7-19/h2-4,6-9,16-17,20H,5,10-15H2,1H3,(H,28,30). The second-order valence-electron chi connectivity index (χ2n) is 8.88. The van der Waals surface area contributed by atoms with E-state index < -0.39 is 5.63 Å². The van der Waals surface area contributed by atoms with Gasteiger partial charge in [-0.25, -0.2) is 4.79 Å². The molecule has 1 aliphatic rings. The fourth-order valence-corrected chi connectivity index (χ4v) is 5.81. The van der Waals surface area contributed by atoms with Gasteiger partial charge in [0, 0.05) is 11.9 Å². The third kappa shape index (κ3) is 4.72. The zero-order valence-electron chi connectivity index (χ0n) is 18.8. The first kappa shape index (κ1) is 21.9. The van der Waals surface area contributed by atoms with Crippen LogP contribution in [0.15, 0.2) is 63.8 Å². The van der Waals surface area contributed by atoms with E-state index >= 15 is 0 Å². The minimum absolute atomic E-state index is 0.126. The number of nitrogens with one attached hydrogen (secondary N) is 1. The molecule has 1 fully saturated rings. The molecule has 0 radical (unpaired) electrons. The molecule has 0 atom stereocenters. The van der Waals surface area contributed by atoms with Gasteiger partial charge in [-0.05, 0) is 75.5 Å². The van der Waals surface area contributed by atoms with Crippen LogP contribution in [0.4, 0.5) is 0 Å². The van der Waals surface area contributed by atoms with E-state index in [1.54, 1.807) is 6.07 Å². The Kier molecular flexibility index (Phi) is 6.29. The monoisotopic (exact) mass is 460 g/mol. The zero-order chi connectivity index (χ0) is 22.8. The van der Waals surface area contributed by atoms with Crippen molar-refractivity contribution in [2.24, 2.45) is 0 Å². The van der Waals surface area contributed by atoms with Crippen molar-refractivity contribution in [2.45, 2.75) is 32.1 Å². The van der Waals surface area contributed by atoms with Gasteiger partial charge in [0.15, 0.2) is 0 Å². The highest BCUT2D eigenvalue weighted by Crippen LogP contribution is 2.31. The first-order chi connectivity index (χ1) is 16.1.